The molecule has 1 atom stereocenters. The summed E-state index contributed by atoms with van der Waals surface area (Å²) in [6.07, 6.45) is 0.666. The summed E-state index contributed by atoms with van der Waals surface area (Å²) in [5, 5.41) is 7.88. The molecule has 1 nitrogen and oxygen atoms in total. The molecule has 0 aliphatic heterocycles. The normalized spacial score (nSPS) is 9.50. The molecule has 0 fully saturated rings. The molecule has 4 heteroatoms. The van der Waals surface area contributed by atoms with E-state index in [0.29, 0.717) is 13.3 Å². The van der Waals surface area contributed by atoms with Crippen molar-refractivity contribution in [2.75, 3.05) is 0 Å². The highest BCUT2D eigenvalue weighted by molar-refractivity contribution is 14.2. The molecule has 24 valence electrons. The van der Waals surface area contributed by atoms with E-state index in [0.717, 1.165) is 0 Å². The summed E-state index contributed by atoms with van der Waals surface area (Å²) in [4.78, 5) is 0. The van der Waals surface area contributed by atoms with Gasteiger partial charge in [-0.15, -0.1) is 0 Å². The third-order valence-electron chi connectivity index (χ3n) is 0.0598. The Balaban J connectivity index is 1.97. The first-order valence-electron chi connectivity index (χ1n) is 0.859. The molecule has 0 spiro atoms. The molecule has 0 bridgehead atoms. The molecule has 0 aliphatic carbocycles. The second-order valence-corrected chi connectivity index (χ2v) is 3.16. The van der Waals surface area contributed by atoms with E-state index < -0.39 is 0 Å². The summed E-state index contributed by atoms with van der Waals surface area (Å²) in [5.41, 5.74) is 0. The van der Waals surface area contributed by atoms with Crippen molar-refractivity contribution in [3.8, 4) is 0 Å². The molecule has 0 saturated heterocycles. The molecule has 1 unspecified atom stereocenters. The zero-order valence-electron chi connectivity index (χ0n) is 2.03. The summed E-state index contributed by atoms with van der Waals surface area (Å²) >= 11 is 2.13. The fourth-order valence-corrected chi connectivity index (χ4v) is 0. The highest BCUT2D eigenvalue weighted by atomic mass is 127. The molecular weight excluding hydrogens is 185 g/mol. The SMILES string of the molecule is OBPI. The lowest BCUT2D eigenvalue weighted by Crippen LogP contribution is -1.62. The summed E-state index contributed by atoms with van der Waals surface area (Å²) in [6, 6.07) is 0. The summed E-state index contributed by atoms with van der Waals surface area (Å²) in [7, 11) is 0.334. The first-order chi connectivity index (χ1) is 1.91. The average molecular weight is 188 g/mol. The summed E-state index contributed by atoms with van der Waals surface area (Å²) < 4.78 is 0. The Morgan fingerprint density at radius 2 is 2.25 bits per heavy atom. The van der Waals surface area contributed by atoms with Gasteiger partial charge in [0, 0.05) is 0 Å². The largest absolute Gasteiger partial charge is 0.449 e. The van der Waals surface area contributed by atoms with E-state index in [1.165, 1.54) is 0 Å². The molecular formula is H3BIOP. The Morgan fingerprint density at radius 3 is 2.25 bits per heavy atom. The van der Waals surface area contributed by atoms with E-state index >= 15 is 0 Å². The van der Waals surface area contributed by atoms with E-state index in [4.69, 9.17) is 5.02 Å². The van der Waals surface area contributed by atoms with Crippen molar-refractivity contribution in [1.29, 1.82) is 0 Å². The molecule has 4 heavy (non-hydrogen) atoms. The first kappa shape index (κ1) is 5.18. The molecule has 0 saturated carbocycles. The van der Waals surface area contributed by atoms with Crippen LogP contribution >= 0.6 is 28.1 Å². The van der Waals surface area contributed by atoms with Crippen LogP contribution in [0.15, 0.2) is 0 Å². The highest BCUT2D eigenvalue weighted by Gasteiger charge is 1.66. The predicted molar refractivity (Wildman–Crippen MR) is 31.7 cm³/mol. The second-order valence-electron chi connectivity index (χ2n) is 0.292. The van der Waals surface area contributed by atoms with Crippen LogP contribution in [-0.4, -0.2) is 12.2 Å². The summed E-state index contributed by atoms with van der Waals surface area (Å²) in [5.74, 6) is 0. The van der Waals surface area contributed by atoms with Crippen LogP contribution in [0, 0.1) is 0 Å². The van der Waals surface area contributed by atoms with E-state index in [-0.39, 0.29) is 0 Å². The van der Waals surface area contributed by atoms with Gasteiger partial charge in [0.25, 0.3) is 0 Å². The molecule has 0 aliphatic rings. The lowest BCUT2D eigenvalue weighted by atomic mass is 10.6. The zero-order valence-corrected chi connectivity index (χ0v) is 5.19. The first-order valence-corrected chi connectivity index (χ1v) is 5.18. The molecule has 0 aromatic heterocycles. The monoisotopic (exact) mass is 188 g/mol. The molecule has 0 amide bonds. The molecule has 0 aromatic carbocycles. The fourth-order valence-electron chi connectivity index (χ4n) is 0. The van der Waals surface area contributed by atoms with Gasteiger partial charge in [0.1, 0.15) is 0 Å². The average Bonchev–Trinajstić information content (AvgIpc) is 1.37. The van der Waals surface area contributed by atoms with Crippen LogP contribution in [0.1, 0.15) is 0 Å². The van der Waals surface area contributed by atoms with Crippen molar-refractivity contribution in [3.05, 3.63) is 0 Å². The van der Waals surface area contributed by atoms with Gasteiger partial charge in [-0.05, 0) is 0 Å². The highest BCUT2D eigenvalue weighted by Crippen LogP contribution is 2.14. The van der Waals surface area contributed by atoms with Crippen molar-refractivity contribution in [2.45, 2.75) is 0 Å². The zero-order chi connectivity index (χ0) is 3.41. The van der Waals surface area contributed by atoms with Crippen LogP contribution < -0.4 is 0 Å². The van der Waals surface area contributed by atoms with Gasteiger partial charge in [0.05, 0.1) is 0 Å². The number of hydrogen-bond acceptors (Lipinski definition) is 1. The molecule has 0 aromatic rings. The van der Waals surface area contributed by atoms with E-state index in [2.05, 4.69) is 22.0 Å². The van der Waals surface area contributed by atoms with Crippen LogP contribution in [0.25, 0.3) is 0 Å². The van der Waals surface area contributed by atoms with Gasteiger partial charge >= 0.3 is 7.20 Å². The number of rotatable bonds is 1. The fraction of sp³-hybridized carbons (Fsp3) is 0. The van der Waals surface area contributed by atoms with Crippen molar-refractivity contribution in [2.24, 2.45) is 0 Å². The molecule has 1 N–H and O–H groups in total. The topological polar surface area (TPSA) is 20.2 Å². The Hall–Kier alpha value is 1.18. The predicted octanol–water partition coefficient (Wildman–Crippen LogP) is 0.274. The maximum absolute atomic E-state index is 7.88. The minimum absolute atomic E-state index is 0.334. The third kappa shape index (κ3) is 3.18. The van der Waals surface area contributed by atoms with Crippen LogP contribution in [0.5, 0.6) is 0 Å². The van der Waals surface area contributed by atoms with Crippen LogP contribution in [0.2, 0.25) is 0 Å². The van der Waals surface area contributed by atoms with Gasteiger partial charge in [-0.1, -0.05) is 28.1 Å². The lowest BCUT2D eigenvalue weighted by molar-refractivity contribution is 0.623. The molecule has 0 heterocycles. The smallest absolute Gasteiger partial charge is 0.306 e. The van der Waals surface area contributed by atoms with E-state index in [1.807, 2.05) is 0 Å². The Morgan fingerprint density at radius 1 is 2.00 bits per heavy atom. The van der Waals surface area contributed by atoms with Crippen LogP contribution in [0.4, 0.5) is 0 Å². The van der Waals surface area contributed by atoms with Crippen LogP contribution in [-0.2, 0) is 0 Å². The second kappa shape index (κ2) is 4.18. The third-order valence-corrected chi connectivity index (χ3v) is 1.20. The van der Waals surface area contributed by atoms with Gasteiger partial charge in [0.15, 0.2) is 0 Å². The van der Waals surface area contributed by atoms with Gasteiger partial charge in [-0.3, -0.25) is 0 Å². The molecule has 0 rings (SSSR count). The lowest BCUT2D eigenvalue weighted by Gasteiger charge is -1.63. The van der Waals surface area contributed by atoms with E-state index in [1.54, 1.807) is 0 Å². The van der Waals surface area contributed by atoms with Gasteiger partial charge in [0.2, 0.25) is 0 Å². The van der Waals surface area contributed by atoms with Crippen molar-refractivity contribution in [3.63, 3.8) is 0 Å². The quantitative estimate of drug-likeness (QED) is 0.355. The van der Waals surface area contributed by atoms with Crippen molar-refractivity contribution in [1.82, 2.24) is 0 Å². The van der Waals surface area contributed by atoms with Gasteiger partial charge in [-0.25, -0.2) is 0 Å². The Kier molecular flexibility index (Phi) is 5.42. The molecule has 0 radical (unpaired) electrons. The summed E-state index contributed by atoms with van der Waals surface area (Å²) in [6.45, 7) is 0. The van der Waals surface area contributed by atoms with Gasteiger partial charge in [-0.2, -0.15) is 0 Å². The van der Waals surface area contributed by atoms with E-state index in [9.17, 15) is 0 Å². The van der Waals surface area contributed by atoms with Crippen molar-refractivity contribution >= 4 is 35.3 Å². The Bertz CT molecular complexity index is 10.0. The van der Waals surface area contributed by atoms with Crippen LogP contribution in [0.3, 0.4) is 0 Å². The van der Waals surface area contributed by atoms with Gasteiger partial charge < -0.3 is 5.02 Å². The maximum atomic E-state index is 7.88. The number of hydrogen-bond donors (Lipinski definition) is 1. The minimum atomic E-state index is 0.334. The standard InChI is InChI=1S/BH3IOP/c2-4-1-3/h1,3-4H. The van der Waals surface area contributed by atoms with Crippen molar-refractivity contribution < 1.29 is 5.02 Å². The Labute approximate surface area is 40.7 Å². The number of halogens is 1. The maximum Gasteiger partial charge on any atom is 0.306 e. The minimum Gasteiger partial charge on any atom is -0.449 e.